The zero-order chi connectivity index (χ0) is 98.2. The number of allylic oxidation sites excluding steroid dienone is 8. The van der Waals surface area contributed by atoms with Crippen LogP contribution in [0, 0.1) is 0 Å². The molecule has 0 saturated heterocycles. The van der Waals surface area contributed by atoms with Gasteiger partial charge in [-0.15, -0.1) is 0 Å². The molecule has 0 saturated carbocycles. The number of carbonyl (C=O) groups is 7. The van der Waals surface area contributed by atoms with Crippen molar-refractivity contribution in [2.45, 2.75) is 572 Å². The van der Waals surface area contributed by atoms with Crippen molar-refractivity contribution in [3.8, 4) is 0 Å². The summed E-state index contributed by atoms with van der Waals surface area (Å²) in [5, 5.41) is 25.2. The largest absolute Gasteiger partial charge is 0.370 e. The van der Waals surface area contributed by atoms with Crippen molar-refractivity contribution >= 4 is 78.1 Å². The Balaban J connectivity index is 6.44. The normalized spacial score (nSPS) is 12.8. The highest BCUT2D eigenvalue weighted by Crippen LogP contribution is 2.20. The van der Waals surface area contributed by atoms with Crippen LogP contribution in [0.3, 0.4) is 0 Å². The summed E-state index contributed by atoms with van der Waals surface area (Å²) in [6.45, 7) is 9.32. The molecule has 778 valence electrons. The minimum atomic E-state index is -1.51. The van der Waals surface area contributed by atoms with Crippen LogP contribution in [0.4, 0.5) is 0 Å². The van der Waals surface area contributed by atoms with Crippen LogP contribution in [0.15, 0.2) is 79.0 Å². The van der Waals surface area contributed by atoms with Crippen molar-refractivity contribution in [2.75, 3.05) is 6.54 Å². The number of rotatable bonds is 102. The van der Waals surface area contributed by atoms with Gasteiger partial charge in [0.25, 0.3) is 11.8 Å². The molecule has 0 spiro atoms. The fourth-order valence-electron chi connectivity index (χ4n) is 16.6. The first-order valence-corrected chi connectivity index (χ1v) is 56.1. The SMILES string of the molecule is CCCCCCCC/C=C\CCCCCCCCCCC/C=N/NC(=O)CC[C@H](NC(=O)CC[C@H](NC(=O)[C@H](CCCCN=C(N)N)N=C(N)N)C(=O)N[C@@H](CCC(=O)N/N=C/CCCCCCCCCCC/C=C\CCCCCCCC)C(=O)N/N=C/CCCCCCCCCCC/C=C\CCCCCCCC)C(=O)N/N=C/CCCCCCCCCCC/C=C\CCCCCCCC. The lowest BCUT2D eigenvalue weighted by atomic mass is 10.0. The van der Waals surface area contributed by atoms with Gasteiger partial charge in [0.2, 0.25) is 29.5 Å². The van der Waals surface area contributed by atoms with E-state index in [2.05, 4.69) is 144 Å². The van der Waals surface area contributed by atoms with Gasteiger partial charge in [-0.3, -0.25) is 38.6 Å². The second kappa shape index (κ2) is 104. The molecule has 0 heterocycles. The third-order valence-corrected chi connectivity index (χ3v) is 25.2. The zero-order valence-corrected chi connectivity index (χ0v) is 87.1. The van der Waals surface area contributed by atoms with Gasteiger partial charge in [-0.2, -0.15) is 20.4 Å². The zero-order valence-electron chi connectivity index (χ0n) is 87.1. The molecular formula is C111H207N17O7. The van der Waals surface area contributed by atoms with Gasteiger partial charge in [-0.25, -0.2) is 26.7 Å². The van der Waals surface area contributed by atoms with E-state index < -0.39 is 71.9 Å². The van der Waals surface area contributed by atoms with E-state index in [9.17, 15) is 33.6 Å². The molecule has 0 aliphatic heterocycles. The summed E-state index contributed by atoms with van der Waals surface area (Å²) in [7, 11) is 0. The molecule has 0 rings (SSSR count). The van der Waals surface area contributed by atoms with E-state index in [0.29, 0.717) is 38.5 Å². The summed E-state index contributed by atoms with van der Waals surface area (Å²) < 4.78 is 0. The van der Waals surface area contributed by atoms with E-state index >= 15 is 0 Å². The van der Waals surface area contributed by atoms with Crippen LogP contribution in [-0.2, 0) is 33.6 Å². The summed E-state index contributed by atoms with van der Waals surface area (Å²) in [5.41, 5.74) is 33.3. The molecule has 0 aliphatic rings. The molecule has 0 aromatic rings. The molecule has 0 aliphatic carbocycles. The maximum absolute atomic E-state index is 14.9. The van der Waals surface area contributed by atoms with E-state index in [1.54, 1.807) is 24.9 Å². The lowest BCUT2D eigenvalue weighted by molar-refractivity contribution is -0.133. The highest BCUT2D eigenvalue weighted by molar-refractivity contribution is 5.95. The third-order valence-electron chi connectivity index (χ3n) is 25.2. The van der Waals surface area contributed by atoms with Crippen molar-refractivity contribution in [3.05, 3.63) is 48.6 Å². The molecule has 15 N–H and O–H groups in total. The molecule has 24 nitrogen and oxygen atoms in total. The molecule has 135 heavy (non-hydrogen) atoms. The Kier molecular flexibility index (Phi) is 98.0. The van der Waals surface area contributed by atoms with Gasteiger partial charge in [0.15, 0.2) is 11.9 Å². The minimum absolute atomic E-state index is 0.0872. The van der Waals surface area contributed by atoms with Gasteiger partial charge < -0.3 is 38.9 Å². The van der Waals surface area contributed by atoms with Gasteiger partial charge in [0, 0.05) is 50.7 Å². The van der Waals surface area contributed by atoms with Crippen LogP contribution in [0.5, 0.6) is 0 Å². The summed E-state index contributed by atoms with van der Waals surface area (Å²) in [4.78, 5) is 107. The third kappa shape index (κ3) is 95.2. The highest BCUT2D eigenvalue weighted by Gasteiger charge is 2.31. The van der Waals surface area contributed by atoms with E-state index in [1.807, 2.05) is 0 Å². The van der Waals surface area contributed by atoms with Gasteiger partial charge in [-0.05, 0) is 193 Å². The number of hydrogen-bond acceptors (Lipinski definition) is 13. The van der Waals surface area contributed by atoms with E-state index in [1.165, 1.54) is 347 Å². The maximum Gasteiger partial charge on any atom is 0.262 e. The Morgan fingerprint density at radius 1 is 0.222 bits per heavy atom. The number of nitrogens with zero attached hydrogens (tertiary/aromatic N) is 6. The fraction of sp³-hybridized carbons (Fsp3) is 0.811. The molecule has 24 heteroatoms. The summed E-state index contributed by atoms with van der Waals surface area (Å²) >= 11 is 0. The number of hydrazone groups is 4. The number of guanidine groups is 2. The van der Waals surface area contributed by atoms with E-state index in [4.69, 9.17) is 22.9 Å². The molecule has 0 unspecified atom stereocenters. The highest BCUT2D eigenvalue weighted by atomic mass is 16.2. The van der Waals surface area contributed by atoms with E-state index in [0.717, 1.165) is 89.9 Å². The van der Waals surface area contributed by atoms with E-state index in [-0.39, 0.29) is 57.0 Å². The average molecular weight is 1890 g/mol. The lowest BCUT2D eigenvalue weighted by Gasteiger charge is -2.24. The Morgan fingerprint density at radius 3 is 0.704 bits per heavy atom. The summed E-state index contributed by atoms with van der Waals surface area (Å²) in [5.74, 6) is -5.10. The van der Waals surface area contributed by atoms with Crippen LogP contribution in [0.25, 0.3) is 0 Å². The predicted molar refractivity (Wildman–Crippen MR) is 576 cm³/mol. The Labute approximate surface area is 825 Å². The molecule has 0 radical (unpaired) electrons. The van der Waals surface area contributed by atoms with Crippen LogP contribution < -0.4 is 60.6 Å². The number of nitrogens with one attached hydrogen (secondary N) is 7. The molecule has 0 aromatic carbocycles. The molecule has 0 fully saturated rings. The van der Waals surface area contributed by atoms with Gasteiger partial charge in [-0.1, -0.05) is 385 Å². The molecular weight excluding hydrogens is 1680 g/mol. The molecule has 0 bridgehead atoms. The standard InChI is InChI=1S/C111H207N17O7/c1-5-9-13-17-21-25-29-33-37-41-45-49-53-57-61-65-69-73-77-82-95-117-125-104(130)92-89-101(108(134)127-119-97-84-79-75-71-67-63-59-55-51-47-43-39-35-31-27-23-19-15-11-7-3)121-103(129)91-88-100(122-106(132)99(124-111(114)115)87-81-86-94-116-110(112)113)107(133)123-102(109(135)128-120-98-85-80-76-72-68-64-60-56-52-48-44-40-36-32-28-24-20-16-12-8-4)90-93-105(131)126-118-96-83-78-74-70-66-62-58-54-50-46-42-38-34-30-26-22-18-14-10-6-2/h33-40,95-102H,5-32,41-94H2,1-4H3,(H,121,129)(H,122,132)(H,123,133)(H,125,130)(H,126,131)(H,127,134)(H,128,135)(H4,112,113,116)(H4,114,115,124)/b37-33-,38-34-,39-35-,40-36-,117-95+,118-96+,119-97+,120-98+/t99-,100-,101-,102-/m0/s1. The Hall–Kier alpha value is -7.53. The predicted octanol–water partition coefficient (Wildman–Crippen LogP) is 26.7. The monoisotopic (exact) mass is 1890 g/mol. The smallest absolute Gasteiger partial charge is 0.262 e. The summed E-state index contributed by atoms with van der Waals surface area (Å²) in [6.07, 6.45) is 111. The van der Waals surface area contributed by atoms with Crippen LogP contribution >= 0.6 is 0 Å². The first kappa shape index (κ1) is 127. The van der Waals surface area contributed by atoms with Crippen LogP contribution in [0.2, 0.25) is 0 Å². The van der Waals surface area contributed by atoms with Gasteiger partial charge >= 0.3 is 0 Å². The first-order valence-electron chi connectivity index (χ1n) is 56.1. The number of hydrogen-bond donors (Lipinski definition) is 11. The van der Waals surface area contributed by atoms with Crippen molar-refractivity contribution in [3.63, 3.8) is 0 Å². The van der Waals surface area contributed by atoms with Crippen molar-refractivity contribution < 1.29 is 33.6 Å². The second-order valence-electron chi connectivity index (χ2n) is 38.1. The molecule has 4 atom stereocenters. The summed E-state index contributed by atoms with van der Waals surface area (Å²) in [6, 6.07) is -5.33. The van der Waals surface area contributed by atoms with Crippen molar-refractivity contribution in [2.24, 2.45) is 53.3 Å². The minimum Gasteiger partial charge on any atom is -0.370 e. The second-order valence-corrected chi connectivity index (χ2v) is 38.1. The Bertz CT molecular complexity index is 3070. The number of unbranched alkanes of at least 4 members (excludes halogenated alkanes) is 65. The van der Waals surface area contributed by atoms with Crippen molar-refractivity contribution in [1.82, 2.24) is 37.7 Å². The van der Waals surface area contributed by atoms with Crippen LogP contribution in [0.1, 0.15) is 548 Å². The quantitative estimate of drug-likeness (QED) is 0.00893. The topological polar surface area (TPSA) is 382 Å². The van der Waals surface area contributed by atoms with Crippen molar-refractivity contribution in [1.29, 1.82) is 0 Å². The maximum atomic E-state index is 14.9. The number of amides is 7. The van der Waals surface area contributed by atoms with Gasteiger partial charge in [0.1, 0.15) is 24.2 Å². The lowest BCUT2D eigenvalue weighted by Crippen LogP contribution is -2.55. The van der Waals surface area contributed by atoms with Crippen LogP contribution in [-0.4, -0.2) is 109 Å². The molecule has 0 aromatic heterocycles. The fourth-order valence-corrected chi connectivity index (χ4v) is 16.6. The molecule has 7 amide bonds. The average Bonchev–Trinajstić information content (AvgIpc) is 0.867. The first-order chi connectivity index (χ1) is 66.2. The number of carbonyl (C=O) groups excluding carboxylic acids is 7. The Morgan fingerprint density at radius 2 is 0.444 bits per heavy atom. The van der Waals surface area contributed by atoms with Gasteiger partial charge in [0.05, 0.1) is 0 Å². The number of aliphatic imine (C=N–C) groups is 2. The number of nitrogens with two attached hydrogens (primary N) is 4.